The van der Waals surface area contributed by atoms with Crippen LogP contribution in [0.5, 0.6) is 11.5 Å². The number of ether oxygens (including phenoxy) is 2. The van der Waals surface area contributed by atoms with Crippen molar-refractivity contribution in [3.05, 3.63) is 53.8 Å². The van der Waals surface area contributed by atoms with Gasteiger partial charge in [-0.05, 0) is 57.7 Å². The van der Waals surface area contributed by atoms with E-state index in [0.29, 0.717) is 0 Å². The molecule has 1 saturated heterocycles. The van der Waals surface area contributed by atoms with Crippen LogP contribution >= 0.6 is 0 Å². The minimum absolute atomic E-state index is 0.0617. The molecule has 4 rings (SSSR count). The van der Waals surface area contributed by atoms with Crippen molar-refractivity contribution < 1.29 is 18.7 Å². The number of carbonyl (C=O) groups is 1. The van der Waals surface area contributed by atoms with E-state index in [0.717, 1.165) is 69.7 Å². The Balaban J connectivity index is 1.83. The van der Waals surface area contributed by atoms with Crippen molar-refractivity contribution in [2.24, 2.45) is 0 Å². The fourth-order valence-electron chi connectivity index (χ4n) is 4.72. The van der Waals surface area contributed by atoms with Crippen LogP contribution in [-0.4, -0.2) is 37.6 Å². The second kappa shape index (κ2) is 9.11. The number of likely N-dealkylation sites (tertiary alicyclic amines) is 1. The number of benzene rings is 2. The molecule has 0 N–H and O–H groups in total. The van der Waals surface area contributed by atoms with Crippen LogP contribution in [0.2, 0.25) is 0 Å². The zero-order valence-electron chi connectivity index (χ0n) is 19.5. The molecular weight excluding hydrogens is 402 g/mol. The van der Waals surface area contributed by atoms with Gasteiger partial charge in [0, 0.05) is 46.3 Å². The predicted octanol–water partition coefficient (Wildman–Crippen LogP) is 6.23. The van der Waals surface area contributed by atoms with Crippen LogP contribution in [0.1, 0.15) is 44.2 Å². The van der Waals surface area contributed by atoms with Crippen molar-refractivity contribution in [1.29, 1.82) is 0 Å². The number of methoxy groups -OCH3 is 2. The molecule has 1 fully saturated rings. The molecule has 0 bridgehead atoms. The summed E-state index contributed by atoms with van der Waals surface area (Å²) >= 11 is 0. The summed E-state index contributed by atoms with van der Waals surface area (Å²) < 4.78 is 17.3. The third-order valence-corrected chi connectivity index (χ3v) is 6.50. The Morgan fingerprint density at radius 2 is 1.94 bits per heavy atom. The molecule has 0 saturated carbocycles. The molecule has 3 aromatic rings. The van der Waals surface area contributed by atoms with E-state index in [-0.39, 0.29) is 11.9 Å². The van der Waals surface area contributed by atoms with E-state index in [1.807, 2.05) is 43.0 Å². The minimum atomic E-state index is 0.0617. The highest BCUT2D eigenvalue weighted by atomic mass is 16.5. The van der Waals surface area contributed by atoms with Gasteiger partial charge >= 0.3 is 0 Å². The number of aryl methyl sites for hydroxylation is 1. The average Bonchev–Trinajstić information content (AvgIpc) is 3.23. The summed E-state index contributed by atoms with van der Waals surface area (Å²) in [4.78, 5) is 15.0. The van der Waals surface area contributed by atoms with Crippen LogP contribution < -0.4 is 9.47 Å². The van der Waals surface area contributed by atoms with E-state index >= 15 is 0 Å². The SMILES string of the molecule is COc1ccccc1-c1coc2c(C)c(OC)c(/C(C)=C/C(=O)N3CCCCC3C)cc12. The molecule has 32 heavy (non-hydrogen) atoms. The number of allylic oxidation sites excluding steroid dienone is 1. The monoisotopic (exact) mass is 433 g/mol. The third-order valence-electron chi connectivity index (χ3n) is 6.50. The molecule has 2 heterocycles. The van der Waals surface area contributed by atoms with Gasteiger partial charge in [-0.15, -0.1) is 0 Å². The van der Waals surface area contributed by atoms with Crippen molar-refractivity contribution in [2.75, 3.05) is 20.8 Å². The minimum Gasteiger partial charge on any atom is -0.496 e. The molecule has 1 aliphatic heterocycles. The van der Waals surface area contributed by atoms with E-state index in [9.17, 15) is 4.79 Å². The number of carbonyl (C=O) groups excluding carboxylic acids is 1. The Bertz CT molecular complexity index is 1170. The summed E-state index contributed by atoms with van der Waals surface area (Å²) in [6.45, 7) is 6.90. The van der Waals surface area contributed by atoms with E-state index in [2.05, 4.69) is 13.0 Å². The first-order valence-corrected chi connectivity index (χ1v) is 11.2. The summed E-state index contributed by atoms with van der Waals surface area (Å²) in [5, 5.41) is 0.967. The van der Waals surface area contributed by atoms with Gasteiger partial charge in [-0.2, -0.15) is 0 Å². The van der Waals surface area contributed by atoms with Gasteiger partial charge in [-0.25, -0.2) is 0 Å². The summed E-state index contributed by atoms with van der Waals surface area (Å²) in [6, 6.07) is 10.2. The number of para-hydroxylation sites is 1. The first-order chi connectivity index (χ1) is 15.5. The highest BCUT2D eigenvalue weighted by Gasteiger charge is 2.23. The molecule has 0 spiro atoms. The van der Waals surface area contributed by atoms with Gasteiger partial charge in [-0.3, -0.25) is 4.79 Å². The standard InChI is InChI=1S/C27H31NO4/c1-17(14-25(29)28-13-9-8-10-18(28)2)21-15-22-23(20-11-6-7-12-24(20)30-4)16-32-27(22)19(3)26(21)31-5/h6-7,11-12,14-16,18H,8-10,13H2,1-5H3/b17-14+. The first kappa shape index (κ1) is 22.0. The number of fused-ring (bicyclic) bond motifs is 1. The first-order valence-electron chi connectivity index (χ1n) is 11.2. The second-order valence-corrected chi connectivity index (χ2v) is 8.51. The second-order valence-electron chi connectivity index (χ2n) is 8.51. The Morgan fingerprint density at radius 3 is 2.66 bits per heavy atom. The van der Waals surface area contributed by atoms with Crippen molar-refractivity contribution in [3.8, 4) is 22.6 Å². The highest BCUT2D eigenvalue weighted by Crippen LogP contribution is 2.42. The molecule has 5 nitrogen and oxygen atoms in total. The van der Waals surface area contributed by atoms with E-state index in [1.165, 1.54) is 6.42 Å². The van der Waals surface area contributed by atoms with E-state index in [4.69, 9.17) is 13.9 Å². The maximum Gasteiger partial charge on any atom is 0.247 e. The molecule has 0 aliphatic carbocycles. The quantitative estimate of drug-likeness (QED) is 0.448. The normalized spacial score (nSPS) is 17.0. The predicted molar refractivity (Wildman–Crippen MR) is 128 cm³/mol. The van der Waals surface area contributed by atoms with Crippen LogP contribution in [0.3, 0.4) is 0 Å². The number of piperidine rings is 1. The maximum atomic E-state index is 13.0. The zero-order valence-corrected chi connectivity index (χ0v) is 19.5. The van der Waals surface area contributed by atoms with Gasteiger partial charge in [0.15, 0.2) is 0 Å². The van der Waals surface area contributed by atoms with Crippen LogP contribution in [0.4, 0.5) is 0 Å². The number of rotatable bonds is 5. The van der Waals surface area contributed by atoms with Crippen molar-refractivity contribution in [3.63, 3.8) is 0 Å². The van der Waals surface area contributed by atoms with Crippen LogP contribution in [-0.2, 0) is 4.79 Å². The van der Waals surface area contributed by atoms with E-state index < -0.39 is 0 Å². The van der Waals surface area contributed by atoms with Gasteiger partial charge in [0.1, 0.15) is 17.1 Å². The maximum absolute atomic E-state index is 13.0. The van der Waals surface area contributed by atoms with Crippen LogP contribution in [0, 0.1) is 6.92 Å². The van der Waals surface area contributed by atoms with Crippen LogP contribution in [0.25, 0.3) is 27.7 Å². The van der Waals surface area contributed by atoms with Gasteiger partial charge in [0.2, 0.25) is 5.91 Å². The van der Waals surface area contributed by atoms with Crippen molar-refractivity contribution >= 4 is 22.4 Å². The van der Waals surface area contributed by atoms with Gasteiger partial charge in [0.25, 0.3) is 0 Å². The smallest absolute Gasteiger partial charge is 0.247 e. The molecular formula is C27H31NO4. The molecule has 5 heteroatoms. The number of nitrogens with zero attached hydrogens (tertiary/aromatic N) is 1. The fraction of sp³-hybridized carbons (Fsp3) is 0.370. The summed E-state index contributed by atoms with van der Waals surface area (Å²) in [5.41, 5.74) is 5.37. The Morgan fingerprint density at radius 1 is 1.16 bits per heavy atom. The molecule has 1 aliphatic rings. The number of hydrogen-bond donors (Lipinski definition) is 0. The summed E-state index contributed by atoms with van der Waals surface area (Å²) in [6.07, 6.45) is 6.81. The number of furan rings is 1. The van der Waals surface area contributed by atoms with Gasteiger partial charge < -0.3 is 18.8 Å². The summed E-state index contributed by atoms with van der Waals surface area (Å²) in [7, 11) is 3.32. The zero-order chi connectivity index (χ0) is 22.8. The number of amides is 1. The molecule has 1 atom stereocenters. The molecule has 1 amide bonds. The van der Waals surface area contributed by atoms with Gasteiger partial charge in [-0.1, -0.05) is 18.2 Å². The Kier molecular flexibility index (Phi) is 6.26. The molecule has 0 radical (unpaired) electrons. The lowest BCUT2D eigenvalue weighted by molar-refractivity contribution is -0.129. The lowest BCUT2D eigenvalue weighted by Gasteiger charge is -2.32. The average molecular weight is 434 g/mol. The topological polar surface area (TPSA) is 51.9 Å². The fourth-order valence-corrected chi connectivity index (χ4v) is 4.72. The lowest BCUT2D eigenvalue weighted by Crippen LogP contribution is -2.41. The summed E-state index contributed by atoms with van der Waals surface area (Å²) in [5.74, 6) is 1.57. The number of hydrogen-bond acceptors (Lipinski definition) is 4. The van der Waals surface area contributed by atoms with Crippen LogP contribution in [0.15, 0.2) is 47.1 Å². The van der Waals surface area contributed by atoms with Crippen molar-refractivity contribution in [1.82, 2.24) is 4.90 Å². The van der Waals surface area contributed by atoms with Gasteiger partial charge in [0.05, 0.1) is 20.5 Å². The lowest BCUT2D eigenvalue weighted by atomic mass is 9.96. The highest BCUT2D eigenvalue weighted by molar-refractivity contribution is 6.02. The largest absolute Gasteiger partial charge is 0.496 e. The Labute approximate surface area is 189 Å². The Hall–Kier alpha value is -3.21. The molecule has 168 valence electrons. The molecule has 2 aromatic carbocycles. The molecule has 1 unspecified atom stereocenters. The van der Waals surface area contributed by atoms with E-state index in [1.54, 1.807) is 26.6 Å². The third kappa shape index (κ3) is 3.88. The van der Waals surface area contributed by atoms with Crippen molar-refractivity contribution in [2.45, 2.75) is 46.1 Å². The molecule has 1 aromatic heterocycles.